The monoisotopic (exact) mass is 590 g/mol. The van der Waals surface area contributed by atoms with Crippen LogP contribution in [0.2, 0.25) is 10.0 Å². The smallest absolute Gasteiger partial charge is 0.331 e. The molecule has 2 aromatic carbocycles. The molecule has 0 aliphatic heterocycles. The van der Waals surface area contributed by atoms with E-state index in [1.165, 1.54) is 62.2 Å². The fourth-order valence-corrected chi connectivity index (χ4v) is 5.16. The number of amides is 1. The van der Waals surface area contributed by atoms with Gasteiger partial charge in [0.2, 0.25) is 0 Å². The van der Waals surface area contributed by atoms with Gasteiger partial charge in [0.05, 0.1) is 29.5 Å². The number of carbonyl (C=O) groups excluding carboxylic acids is 1. The molecule has 0 fully saturated rings. The summed E-state index contributed by atoms with van der Waals surface area (Å²) in [6, 6.07) is 8.52. The second-order valence-corrected chi connectivity index (χ2v) is 10.6. The third kappa shape index (κ3) is 8.46. The normalized spacial score (nSPS) is 11.4. The number of hydrogen-bond acceptors (Lipinski definition) is 6. The van der Waals surface area contributed by atoms with Crippen molar-refractivity contribution < 1.29 is 24.2 Å². The summed E-state index contributed by atoms with van der Waals surface area (Å²) in [6.45, 7) is 4.25. The number of nitrogens with zero attached hydrogens (tertiary/aromatic N) is 1. The number of ether oxygens (including phenoxy) is 2. The van der Waals surface area contributed by atoms with E-state index < -0.39 is 11.9 Å². The highest BCUT2D eigenvalue weighted by Crippen LogP contribution is 2.39. The molecule has 3 rings (SSSR count). The second-order valence-electron chi connectivity index (χ2n) is 8.93. The van der Waals surface area contributed by atoms with E-state index in [0.717, 1.165) is 18.4 Å². The number of aliphatic carboxylic acids is 1. The summed E-state index contributed by atoms with van der Waals surface area (Å²) in [7, 11) is 1.59. The molecule has 0 spiro atoms. The number of halogens is 2. The van der Waals surface area contributed by atoms with Crippen molar-refractivity contribution in [1.29, 1.82) is 0 Å². The number of aromatic nitrogens is 1. The number of rotatable bonds is 14. The zero-order valence-electron chi connectivity index (χ0n) is 22.2. The molecule has 7 nitrogen and oxygen atoms in total. The highest BCUT2D eigenvalue weighted by molar-refractivity contribution is 7.14. The maximum Gasteiger partial charge on any atom is 0.331 e. The summed E-state index contributed by atoms with van der Waals surface area (Å²) in [5, 5.41) is 14.4. The van der Waals surface area contributed by atoms with E-state index in [9.17, 15) is 9.59 Å². The molecule has 0 atom stereocenters. The van der Waals surface area contributed by atoms with Crippen LogP contribution < -0.4 is 14.8 Å². The number of thiazole rings is 1. The summed E-state index contributed by atoms with van der Waals surface area (Å²) in [5.74, 6) is -0.299. The Morgan fingerprint density at radius 1 is 1.10 bits per heavy atom. The van der Waals surface area contributed by atoms with Crippen LogP contribution in [0.4, 0.5) is 5.13 Å². The SMILES string of the molecule is CCCCCCCCOc1cccc(-c2csc(NC(=O)c3cc(Cl)c(C=C(C)C(=O)O)c(Cl)c3)n2)c1OC. The van der Waals surface area contributed by atoms with E-state index in [-0.39, 0.29) is 21.2 Å². The van der Waals surface area contributed by atoms with E-state index in [0.29, 0.717) is 34.5 Å². The Morgan fingerprint density at radius 2 is 1.79 bits per heavy atom. The van der Waals surface area contributed by atoms with Gasteiger partial charge in [-0.05, 0) is 43.7 Å². The molecular formula is C29H32Cl2N2O5S. The van der Waals surface area contributed by atoms with Crippen molar-refractivity contribution in [1.82, 2.24) is 4.98 Å². The van der Waals surface area contributed by atoms with Gasteiger partial charge in [-0.3, -0.25) is 10.1 Å². The molecule has 1 heterocycles. The first-order chi connectivity index (χ1) is 18.7. The third-order valence-corrected chi connectivity index (χ3v) is 7.36. The number of methoxy groups -OCH3 is 1. The van der Waals surface area contributed by atoms with E-state index in [4.69, 9.17) is 37.8 Å². The van der Waals surface area contributed by atoms with E-state index in [1.54, 1.807) is 7.11 Å². The number of carboxylic acid groups (broad SMARTS) is 1. The van der Waals surface area contributed by atoms with Gasteiger partial charge in [-0.1, -0.05) is 68.3 Å². The van der Waals surface area contributed by atoms with E-state index in [2.05, 4.69) is 17.2 Å². The van der Waals surface area contributed by atoms with Crippen molar-refractivity contribution in [3.8, 4) is 22.8 Å². The van der Waals surface area contributed by atoms with Crippen molar-refractivity contribution in [2.45, 2.75) is 52.4 Å². The number of benzene rings is 2. The lowest BCUT2D eigenvalue weighted by molar-refractivity contribution is -0.132. The van der Waals surface area contributed by atoms with E-state index in [1.807, 2.05) is 23.6 Å². The van der Waals surface area contributed by atoms with Crippen LogP contribution in [0, 0.1) is 0 Å². The molecule has 0 aliphatic carbocycles. The lowest BCUT2D eigenvalue weighted by atomic mass is 10.1. The first-order valence-corrected chi connectivity index (χ1v) is 14.4. The Hall–Kier alpha value is -3.07. The van der Waals surface area contributed by atoms with Gasteiger partial charge in [0.1, 0.15) is 0 Å². The molecule has 39 heavy (non-hydrogen) atoms. The highest BCUT2D eigenvalue weighted by Gasteiger charge is 2.18. The van der Waals surface area contributed by atoms with Gasteiger partial charge >= 0.3 is 5.97 Å². The Labute approximate surface area is 242 Å². The minimum Gasteiger partial charge on any atom is -0.492 e. The minimum absolute atomic E-state index is 0.0682. The van der Waals surface area contributed by atoms with Gasteiger partial charge in [0.15, 0.2) is 16.6 Å². The quantitative estimate of drug-likeness (QED) is 0.144. The molecule has 1 aromatic heterocycles. The maximum atomic E-state index is 12.9. The standard InChI is InChI=1S/C29H32Cl2N2O5S/c1-4-5-6-7-8-9-13-38-25-12-10-11-20(26(25)37-3)24-17-39-29(32-24)33-27(34)19-15-22(30)21(23(31)16-19)14-18(2)28(35)36/h10-12,14-17H,4-9,13H2,1-3H3,(H,35,36)(H,32,33,34). The van der Waals surface area contributed by atoms with Crippen LogP contribution >= 0.6 is 34.5 Å². The molecule has 0 unspecified atom stereocenters. The van der Waals surface area contributed by atoms with Crippen molar-refractivity contribution in [3.05, 3.63) is 62.5 Å². The number of hydrogen-bond donors (Lipinski definition) is 2. The topological polar surface area (TPSA) is 97.8 Å². The summed E-state index contributed by atoms with van der Waals surface area (Å²) in [5.41, 5.74) is 2.01. The first-order valence-electron chi connectivity index (χ1n) is 12.7. The average molecular weight is 592 g/mol. The van der Waals surface area contributed by atoms with Crippen LogP contribution in [0.15, 0.2) is 41.3 Å². The van der Waals surface area contributed by atoms with Gasteiger partial charge in [-0.2, -0.15) is 0 Å². The molecule has 2 N–H and O–H groups in total. The van der Waals surface area contributed by atoms with Crippen molar-refractivity contribution in [3.63, 3.8) is 0 Å². The molecule has 0 saturated carbocycles. The number of anilines is 1. The van der Waals surface area contributed by atoms with Crippen LogP contribution in [0.1, 0.15) is 68.3 Å². The Kier molecular flexibility index (Phi) is 11.7. The molecule has 0 aliphatic rings. The number of para-hydroxylation sites is 1. The highest BCUT2D eigenvalue weighted by atomic mass is 35.5. The summed E-state index contributed by atoms with van der Waals surface area (Å²) in [4.78, 5) is 28.6. The predicted octanol–water partition coefficient (Wildman–Crippen LogP) is 8.61. The molecule has 0 radical (unpaired) electrons. The van der Waals surface area contributed by atoms with Crippen LogP contribution in [0.25, 0.3) is 17.3 Å². The lowest BCUT2D eigenvalue weighted by Gasteiger charge is -2.13. The number of carbonyl (C=O) groups is 2. The number of carboxylic acids is 1. The zero-order chi connectivity index (χ0) is 28.4. The summed E-state index contributed by atoms with van der Waals surface area (Å²) >= 11 is 13.9. The van der Waals surface area contributed by atoms with Crippen molar-refractivity contribution in [2.24, 2.45) is 0 Å². The van der Waals surface area contributed by atoms with Crippen LogP contribution in [0.5, 0.6) is 11.5 Å². The average Bonchev–Trinajstić information content (AvgIpc) is 3.37. The van der Waals surface area contributed by atoms with Crippen LogP contribution in [0.3, 0.4) is 0 Å². The Bertz CT molecular complexity index is 1320. The lowest BCUT2D eigenvalue weighted by Crippen LogP contribution is -2.12. The van der Waals surface area contributed by atoms with E-state index >= 15 is 0 Å². The van der Waals surface area contributed by atoms with Crippen LogP contribution in [-0.4, -0.2) is 35.7 Å². The largest absolute Gasteiger partial charge is 0.492 e. The predicted molar refractivity (Wildman–Crippen MR) is 159 cm³/mol. The van der Waals surface area contributed by atoms with Gasteiger partial charge in [0.25, 0.3) is 5.91 Å². The second kappa shape index (κ2) is 14.9. The first kappa shape index (κ1) is 30.5. The Balaban J connectivity index is 1.70. The molecule has 0 bridgehead atoms. The number of unbranched alkanes of at least 4 members (excludes halogenated alkanes) is 5. The summed E-state index contributed by atoms with van der Waals surface area (Å²) < 4.78 is 11.7. The molecular weight excluding hydrogens is 559 g/mol. The Morgan fingerprint density at radius 3 is 2.46 bits per heavy atom. The number of nitrogens with one attached hydrogen (secondary N) is 1. The molecule has 1 amide bonds. The maximum absolute atomic E-state index is 12.9. The van der Waals surface area contributed by atoms with Crippen LogP contribution in [-0.2, 0) is 4.79 Å². The van der Waals surface area contributed by atoms with Crippen molar-refractivity contribution >= 4 is 57.6 Å². The molecule has 10 heteroatoms. The molecule has 208 valence electrons. The minimum atomic E-state index is -1.09. The zero-order valence-corrected chi connectivity index (χ0v) is 24.5. The van der Waals surface area contributed by atoms with Gasteiger partial charge in [-0.25, -0.2) is 9.78 Å². The van der Waals surface area contributed by atoms with Gasteiger partial charge < -0.3 is 14.6 Å². The fourth-order valence-electron chi connectivity index (χ4n) is 3.86. The molecule has 3 aromatic rings. The van der Waals surface area contributed by atoms with Crippen molar-refractivity contribution in [2.75, 3.05) is 19.0 Å². The van der Waals surface area contributed by atoms with Gasteiger partial charge in [0, 0.05) is 27.6 Å². The molecule has 0 saturated heterocycles. The third-order valence-electron chi connectivity index (χ3n) is 5.98. The van der Waals surface area contributed by atoms with Gasteiger partial charge in [-0.15, -0.1) is 11.3 Å². The fraction of sp³-hybridized carbons (Fsp3) is 0.345. The summed E-state index contributed by atoms with van der Waals surface area (Å²) in [6.07, 6.45) is 8.45.